The van der Waals surface area contributed by atoms with Gasteiger partial charge in [0, 0.05) is 25.7 Å². The van der Waals surface area contributed by atoms with Crippen molar-refractivity contribution >= 4 is 29.7 Å². The van der Waals surface area contributed by atoms with Crippen LogP contribution in [-0.2, 0) is 24.0 Å². The zero-order chi connectivity index (χ0) is 27.5. The molecule has 0 aromatic carbocycles. The maximum Gasteiger partial charge on any atom is 0.326 e. The summed E-state index contributed by atoms with van der Waals surface area (Å²) in [7, 11) is 0. The van der Waals surface area contributed by atoms with E-state index < -0.39 is 18.0 Å². The van der Waals surface area contributed by atoms with E-state index in [1.54, 1.807) is 0 Å². The zero-order valence-corrected chi connectivity index (χ0v) is 22.0. The molecule has 0 spiro atoms. The van der Waals surface area contributed by atoms with Crippen LogP contribution in [0.4, 0.5) is 0 Å². The highest BCUT2D eigenvalue weighted by molar-refractivity contribution is 5.83. The molecule has 0 saturated carbocycles. The van der Waals surface area contributed by atoms with Gasteiger partial charge in [-0.2, -0.15) is 0 Å². The number of nitrogens with one attached hydrogen (secondary N) is 1. The third-order valence-electron chi connectivity index (χ3n) is 4.78. The normalized spacial score (nSPS) is 10.6. The summed E-state index contributed by atoms with van der Waals surface area (Å²) in [5.41, 5.74) is 9.53. The maximum absolute atomic E-state index is 11.7. The molecule has 0 aromatic heterocycles. The van der Waals surface area contributed by atoms with Gasteiger partial charge in [0.05, 0.1) is 0 Å². The Kier molecular flexibility index (Phi) is 29.1. The SMILES string of the molecule is CCCC(N)=O.CCCC(N)=O.CCCCCCCCCCCC(=O)N[C@@H](CCC(=O)O)C(=O)O. The van der Waals surface area contributed by atoms with E-state index in [0.29, 0.717) is 19.3 Å². The maximum atomic E-state index is 11.7. The number of primary amides is 2. The second kappa shape index (κ2) is 27.6. The largest absolute Gasteiger partial charge is 0.481 e. The second-order valence-corrected chi connectivity index (χ2v) is 8.40. The van der Waals surface area contributed by atoms with Gasteiger partial charge in [-0.25, -0.2) is 4.79 Å². The van der Waals surface area contributed by atoms with E-state index in [-0.39, 0.29) is 30.6 Å². The van der Waals surface area contributed by atoms with E-state index in [1.165, 1.54) is 38.5 Å². The highest BCUT2D eigenvalue weighted by Crippen LogP contribution is 2.10. The Morgan fingerprint density at radius 1 is 0.629 bits per heavy atom. The van der Waals surface area contributed by atoms with Crippen molar-refractivity contribution in [1.82, 2.24) is 5.32 Å². The summed E-state index contributed by atoms with van der Waals surface area (Å²) in [5, 5.41) is 19.9. The fourth-order valence-corrected chi connectivity index (χ4v) is 2.88. The minimum absolute atomic E-state index is 0.0891. The molecule has 10 heteroatoms. The Hall–Kier alpha value is -2.65. The molecule has 0 aliphatic heterocycles. The number of carbonyl (C=O) groups is 5. The van der Waals surface area contributed by atoms with Crippen molar-refractivity contribution < 1.29 is 34.2 Å². The molecule has 0 aliphatic rings. The van der Waals surface area contributed by atoms with Gasteiger partial charge in [-0.1, -0.05) is 72.1 Å². The number of carboxylic acids is 2. The Bertz CT molecular complexity index is 567. The lowest BCUT2D eigenvalue weighted by molar-refractivity contribution is -0.143. The summed E-state index contributed by atoms with van der Waals surface area (Å²) in [5.74, 6) is -2.99. The summed E-state index contributed by atoms with van der Waals surface area (Å²) < 4.78 is 0. The molecule has 7 N–H and O–H groups in total. The minimum Gasteiger partial charge on any atom is -0.481 e. The number of rotatable bonds is 19. The van der Waals surface area contributed by atoms with Crippen LogP contribution in [0.1, 0.15) is 124 Å². The van der Waals surface area contributed by atoms with Crippen LogP contribution in [0.5, 0.6) is 0 Å². The van der Waals surface area contributed by atoms with Crippen LogP contribution in [0.25, 0.3) is 0 Å². The summed E-state index contributed by atoms with van der Waals surface area (Å²) in [4.78, 5) is 52.8. The first-order chi connectivity index (χ1) is 16.5. The van der Waals surface area contributed by atoms with E-state index in [0.717, 1.165) is 32.1 Å². The van der Waals surface area contributed by atoms with Crippen LogP contribution < -0.4 is 16.8 Å². The average molecular weight is 504 g/mol. The van der Waals surface area contributed by atoms with Gasteiger partial charge >= 0.3 is 11.9 Å². The third kappa shape index (κ3) is 36.1. The van der Waals surface area contributed by atoms with Crippen molar-refractivity contribution in [2.75, 3.05) is 0 Å². The van der Waals surface area contributed by atoms with E-state index in [4.69, 9.17) is 21.7 Å². The lowest BCUT2D eigenvalue weighted by Crippen LogP contribution is -2.41. The van der Waals surface area contributed by atoms with Gasteiger partial charge in [-0.15, -0.1) is 0 Å². The fraction of sp³-hybridized carbons (Fsp3) is 0.800. The van der Waals surface area contributed by atoms with Crippen molar-refractivity contribution in [3.63, 3.8) is 0 Å². The van der Waals surface area contributed by atoms with Crippen LogP contribution in [0.2, 0.25) is 0 Å². The van der Waals surface area contributed by atoms with Crippen molar-refractivity contribution in [3.05, 3.63) is 0 Å². The number of aliphatic carboxylic acids is 2. The number of unbranched alkanes of at least 4 members (excludes halogenated alkanes) is 8. The zero-order valence-electron chi connectivity index (χ0n) is 22.0. The number of carboxylic acid groups (broad SMARTS) is 2. The number of hydrogen-bond donors (Lipinski definition) is 5. The first-order valence-corrected chi connectivity index (χ1v) is 12.8. The smallest absolute Gasteiger partial charge is 0.326 e. The quantitative estimate of drug-likeness (QED) is 0.165. The van der Waals surface area contributed by atoms with Crippen molar-refractivity contribution in [3.8, 4) is 0 Å². The number of amides is 3. The van der Waals surface area contributed by atoms with Crippen LogP contribution in [0, 0.1) is 0 Å². The molecule has 0 fully saturated rings. The predicted molar refractivity (Wildman–Crippen MR) is 136 cm³/mol. The van der Waals surface area contributed by atoms with E-state index in [1.807, 2.05) is 13.8 Å². The Morgan fingerprint density at radius 2 is 1.06 bits per heavy atom. The topological polar surface area (TPSA) is 190 Å². The van der Waals surface area contributed by atoms with E-state index in [9.17, 15) is 24.0 Å². The van der Waals surface area contributed by atoms with Gasteiger partial charge in [0.15, 0.2) is 0 Å². The van der Waals surface area contributed by atoms with Gasteiger partial charge in [-0.05, 0) is 25.7 Å². The number of nitrogens with two attached hydrogens (primary N) is 2. The molecule has 35 heavy (non-hydrogen) atoms. The van der Waals surface area contributed by atoms with E-state index >= 15 is 0 Å². The molecular formula is C25H49N3O7. The van der Waals surface area contributed by atoms with Gasteiger partial charge < -0.3 is 27.0 Å². The molecule has 0 heterocycles. The molecule has 3 amide bonds. The first kappa shape index (κ1) is 36.9. The molecular weight excluding hydrogens is 454 g/mol. The molecule has 0 saturated heterocycles. The molecule has 0 unspecified atom stereocenters. The monoisotopic (exact) mass is 503 g/mol. The fourth-order valence-electron chi connectivity index (χ4n) is 2.88. The van der Waals surface area contributed by atoms with Gasteiger partial charge in [-0.3, -0.25) is 19.2 Å². The Labute approximate surface area is 210 Å². The molecule has 0 radical (unpaired) electrons. The highest BCUT2D eigenvalue weighted by Gasteiger charge is 2.20. The molecule has 0 bridgehead atoms. The summed E-state index contributed by atoms with van der Waals surface area (Å²) in [6.45, 7) is 6.04. The van der Waals surface area contributed by atoms with Crippen LogP contribution in [0.3, 0.4) is 0 Å². The minimum atomic E-state index is -1.19. The van der Waals surface area contributed by atoms with Crippen molar-refractivity contribution in [2.45, 2.75) is 130 Å². The third-order valence-corrected chi connectivity index (χ3v) is 4.78. The molecule has 1 atom stereocenters. The summed E-state index contributed by atoms with van der Waals surface area (Å²) >= 11 is 0. The van der Waals surface area contributed by atoms with Gasteiger partial charge in [0.1, 0.15) is 6.04 Å². The molecule has 0 aliphatic carbocycles. The number of carbonyl (C=O) groups excluding carboxylic acids is 3. The highest BCUT2D eigenvalue weighted by atomic mass is 16.4. The molecule has 0 rings (SSSR count). The average Bonchev–Trinajstić information content (AvgIpc) is 2.75. The van der Waals surface area contributed by atoms with E-state index in [2.05, 4.69) is 12.2 Å². The molecule has 10 nitrogen and oxygen atoms in total. The van der Waals surface area contributed by atoms with Crippen LogP contribution >= 0.6 is 0 Å². The Morgan fingerprint density at radius 3 is 1.37 bits per heavy atom. The predicted octanol–water partition coefficient (Wildman–Crippen LogP) is 3.89. The van der Waals surface area contributed by atoms with Crippen molar-refractivity contribution in [1.29, 1.82) is 0 Å². The summed E-state index contributed by atoms with van der Waals surface area (Å²) in [6.07, 6.45) is 13.0. The first-order valence-electron chi connectivity index (χ1n) is 12.8. The Balaban J connectivity index is -0.000000697. The van der Waals surface area contributed by atoms with Gasteiger partial charge in [0.2, 0.25) is 17.7 Å². The lowest BCUT2D eigenvalue weighted by Gasteiger charge is -2.13. The van der Waals surface area contributed by atoms with Crippen molar-refractivity contribution in [2.24, 2.45) is 11.5 Å². The van der Waals surface area contributed by atoms with Crippen LogP contribution in [-0.4, -0.2) is 45.9 Å². The lowest BCUT2D eigenvalue weighted by atomic mass is 10.1. The summed E-state index contributed by atoms with van der Waals surface area (Å²) in [6, 6.07) is -1.11. The number of hydrogen-bond acceptors (Lipinski definition) is 5. The van der Waals surface area contributed by atoms with Gasteiger partial charge in [0.25, 0.3) is 0 Å². The second-order valence-electron chi connectivity index (χ2n) is 8.40. The van der Waals surface area contributed by atoms with Crippen LogP contribution in [0.15, 0.2) is 0 Å². The molecule has 0 aromatic rings. The standard InChI is InChI=1S/C17H31NO5.2C4H9NO/c1-2-3-4-5-6-7-8-9-10-11-15(19)18-14(17(22)23)12-13-16(20)21;2*1-2-3-4(5)6/h14H,2-13H2,1H3,(H,18,19)(H,20,21)(H,22,23);2*2-3H2,1H3,(H2,5,6)/t14-;;/m0../s1. The molecule has 206 valence electrons.